The van der Waals surface area contributed by atoms with Gasteiger partial charge in [0, 0.05) is 18.8 Å². The van der Waals surface area contributed by atoms with E-state index in [-0.39, 0.29) is 11.3 Å². The number of halogens is 2. The van der Waals surface area contributed by atoms with E-state index in [0.29, 0.717) is 6.29 Å². The Hall–Kier alpha value is -1.71. The summed E-state index contributed by atoms with van der Waals surface area (Å²) in [5.41, 5.74) is 0.998. The van der Waals surface area contributed by atoms with Crippen LogP contribution in [-0.2, 0) is 0 Å². The molecule has 86 valence electrons. The smallest absolute Gasteiger partial charge is 0.183 e. The van der Waals surface area contributed by atoms with E-state index >= 15 is 0 Å². The SMILES string of the molecule is CC(C)=CN(C)c1c(C=O)ccc(F)c1F. The number of carbonyl (C=O) groups is 1. The van der Waals surface area contributed by atoms with Crippen molar-refractivity contribution >= 4 is 12.0 Å². The molecule has 0 bridgehead atoms. The zero-order valence-corrected chi connectivity index (χ0v) is 9.42. The summed E-state index contributed by atoms with van der Waals surface area (Å²) in [6.45, 7) is 3.66. The van der Waals surface area contributed by atoms with Gasteiger partial charge >= 0.3 is 0 Å². The quantitative estimate of drug-likeness (QED) is 0.736. The minimum atomic E-state index is -1.01. The van der Waals surface area contributed by atoms with Crippen LogP contribution in [0.2, 0.25) is 0 Å². The Morgan fingerprint density at radius 2 is 1.94 bits per heavy atom. The summed E-state index contributed by atoms with van der Waals surface area (Å²) in [5.74, 6) is -1.97. The first-order valence-electron chi connectivity index (χ1n) is 4.78. The first-order chi connectivity index (χ1) is 7.47. The number of carbonyl (C=O) groups excluding carboxylic acids is 1. The summed E-state index contributed by atoms with van der Waals surface area (Å²) in [6, 6.07) is 2.20. The van der Waals surface area contributed by atoms with Crippen molar-refractivity contribution in [2.24, 2.45) is 0 Å². The molecule has 1 aromatic carbocycles. The standard InChI is InChI=1S/C12H13F2NO/c1-8(2)6-15(3)12-9(7-16)4-5-10(13)11(12)14/h4-7H,1-3H3. The van der Waals surface area contributed by atoms with E-state index in [0.717, 1.165) is 11.6 Å². The molecule has 0 fully saturated rings. The molecule has 0 aliphatic heterocycles. The van der Waals surface area contributed by atoms with Gasteiger partial charge in [-0.25, -0.2) is 8.78 Å². The van der Waals surface area contributed by atoms with Crippen molar-refractivity contribution in [3.8, 4) is 0 Å². The van der Waals surface area contributed by atoms with E-state index in [1.807, 2.05) is 13.8 Å². The zero-order chi connectivity index (χ0) is 12.3. The molecule has 0 spiro atoms. The lowest BCUT2D eigenvalue weighted by Crippen LogP contribution is -2.14. The van der Waals surface area contributed by atoms with E-state index in [1.165, 1.54) is 11.0 Å². The van der Waals surface area contributed by atoms with Crippen LogP contribution in [0.25, 0.3) is 0 Å². The second-order valence-corrected chi connectivity index (χ2v) is 3.73. The molecule has 0 N–H and O–H groups in total. The number of hydrogen-bond donors (Lipinski definition) is 0. The molecule has 0 aliphatic carbocycles. The van der Waals surface area contributed by atoms with Gasteiger partial charge in [-0.15, -0.1) is 0 Å². The molecule has 0 saturated carbocycles. The summed E-state index contributed by atoms with van der Waals surface area (Å²) < 4.78 is 26.6. The molecule has 0 radical (unpaired) electrons. The molecule has 1 rings (SSSR count). The number of benzene rings is 1. The molecule has 16 heavy (non-hydrogen) atoms. The van der Waals surface area contributed by atoms with Crippen molar-refractivity contribution in [1.29, 1.82) is 0 Å². The Bertz CT molecular complexity index is 437. The molecule has 0 heterocycles. The van der Waals surface area contributed by atoms with Crippen LogP contribution in [0, 0.1) is 11.6 Å². The van der Waals surface area contributed by atoms with Gasteiger partial charge in [-0.3, -0.25) is 4.79 Å². The van der Waals surface area contributed by atoms with Crippen molar-refractivity contribution in [3.63, 3.8) is 0 Å². The molecule has 0 atom stereocenters. The molecule has 2 nitrogen and oxygen atoms in total. The Labute approximate surface area is 93.2 Å². The fraction of sp³-hybridized carbons (Fsp3) is 0.250. The molecular formula is C12H13F2NO. The molecule has 0 saturated heterocycles. The highest BCUT2D eigenvalue weighted by molar-refractivity contribution is 5.85. The van der Waals surface area contributed by atoms with Gasteiger partial charge in [-0.1, -0.05) is 5.57 Å². The van der Waals surface area contributed by atoms with Crippen molar-refractivity contribution in [2.75, 3.05) is 11.9 Å². The van der Waals surface area contributed by atoms with E-state index in [9.17, 15) is 13.6 Å². The normalized spacial score (nSPS) is 9.81. The number of hydrogen-bond acceptors (Lipinski definition) is 2. The summed E-state index contributed by atoms with van der Waals surface area (Å²) in [4.78, 5) is 12.1. The van der Waals surface area contributed by atoms with Crippen LogP contribution in [0.3, 0.4) is 0 Å². The van der Waals surface area contributed by atoms with Crippen LogP contribution in [0.5, 0.6) is 0 Å². The summed E-state index contributed by atoms with van der Waals surface area (Å²) in [5, 5.41) is 0. The molecule has 4 heteroatoms. The van der Waals surface area contributed by atoms with Crippen molar-refractivity contribution in [3.05, 3.63) is 41.1 Å². The maximum atomic E-state index is 13.5. The highest BCUT2D eigenvalue weighted by Crippen LogP contribution is 2.25. The predicted octanol–water partition coefficient (Wildman–Crippen LogP) is 3.14. The Kier molecular flexibility index (Phi) is 3.77. The van der Waals surface area contributed by atoms with Crippen molar-refractivity contribution in [2.45, 2.75) is 13.8 Å². The van der Waals surface area contributed by atoms with Gasteiger partial charge in [0.25, 0.3) is 0 Å². The summed E-state index contributed by atoms with van der Waals surface area (Å²) in [7, 11) is 1.57. The lowest BCUT2D eigenvalue weighted by atomic mass is 10.1. The average Bonchev–Trinajstić information content (AvgIpc) is 2.20. The first-order valence-corrected chi connectivity index (χ1v) is 4.78. The minimum absolute atomic E-state index is 0.0452. The lowest BCUT2D eigenvalue weighted by molar-refractivity contribution is 0.112. The number of nitrogens with zero attached hydrogens (tertiary/aromatic N) is 1. The van der Waals surface area contributed by atoms with E-state index in [4.69, 9.17) is 0 Å². The second kappa shape index (κ2) is 4.88. The van der Waals surface area contributed by atoms with Gasteiger partial charge in [0.05, 0.1) is 5.69 Å². The molecule has 1 aromatic rings. The maximum absolute atomic E-state index is 13.5. The van der Waals surface area contributed by atoms with Gasteiger partial charge in [0.15, 0.2) is 17.9 Å². The number of aldehydes is 1. The zero-order valence-electron chi connectivity index (χ0n) is 9.42. The van der Waals surface area contributed by atoms with Gasteiger partial charge in [-0.2, -0.15) is 0 Å². The second-order valence-electron chi connectivity index (χ2n) is 3.73. The third-order valence-corrected chi connectivity index (χ3v) is 2.03. The van der Waals surface area contributed by atoms with Crippen LogP contribution in [0.15, 0.2) is 23.9 Å². The van der Waals surface area contributed by atoms with E-state index in [2.05, 4.69) is 0 Å². The average molecular weight is 225 g/mol. The van der Waals surface area contributed by atoms with Crippen LogP contribution in [-0.4, -0.2) is 13.3 Å². The summed E-state index contributed by atoms with van der Waals surface area (Å²) >= 11 is 0. The van der Waals surface area contributed by atoms with E-state index < -0.39 is 11.6 Å². The molecule has 0 unspecified atom stereocenters. The molecule has 0 aromatic heterocycles. The topological polar surface area (TPSA) is 20.3 Å². The minimum Gasteiger partial charge on any atom is -0.348 e. The number of allylic oxidation sites excluding steroid dienone is 1. The van der Waals surface area contributed by atoms with Gasteiger partial charge < -0.3 is 4.90 Å². The van der Waals surface area contributed by atoms with Crippen molar-refractivity contribution < 1.29 is 13.6 Å². The van der Waals surface area contributed by atoms with Crippen LogP contribution in [0.1, 0.15) is 24.2 Å². The van der Waals surface area contributed by atoms with Crippen LogP contribution in [0.4, 0.5) is 14.5 Å². The molecule has 0 amide bonds. The van der Waals surface area contributed by atoms with Crippen LogP contribution < -0.4 is 4.90 Å². The Morgan fingerprint density at radius 1 is 1.31 bits per heavy atom. The fourth-order valence-electron chi connectivity index (χ4n) is 1.46. The number of anilines is 1. The third kappa shape index (κ3) is 2.45. The number of rotatable bonds is 3. The lowest BCUT2D eigenvalue weighted by Gasteiger charge is -2.18. The predicted molar refractivity (Wildman–Crippen MR) is 59.6 cm³/mol. The monoisotopic (exact) mass is 225 g/mol. The van der Waals surface area contributed by atoms with Crippen molar-refractivity contribution in [1.82, 2.24) is 0 Å². The Morgan fingerprint density at radius 3 is 2.44 bits per heavy atom. The highest BCUT2D eigenvalue weighted by Gasteiger charge is 2.15. The first kappa shape index (κ1) is 12.4. The molecule has 0 aliphatic rings. The Balaban J connectivity index is 3.35. The highest BCUT2D eigenvalue weighted by atomic mass is 19.2. The van der Waals surface area contributed by atoms with Crippen LogP contribution >= 0.6 is 0 Å². The summed E-state index contributed by atoms with van der Waals surface area (Å²) in [6.07, 6.45) is 2.14. The maximum Gasteiger partial charge on any atom is 0.183 e. The molecular weight excluding hydrogens is 212 g/mol. The van der Waals surface area contributed by atoms with E-state index in [1.54, 1.807) is 13.2 Å². The van der Waals surface area contributed by atoms with Gasteiger partial charge in [0.1, 0.15) is 0 Å². The van der Waals surface area contributed by atoms with Gasteiger partial charge in [-0.05, 0) is 26.0 Å². The fourth-order valence-corrected chi connectivity index (χ4v) is 1.46. The third-order valence-electron chi connectivity index (χ3n) is 2.03. The largest absolute Gasteiger partial charge is 0.348 e. The van der Waals surface area contributed by atoms with Gasteiger partial charge in [0.2, 0.25) is 0 Å².